The Morgan fingerprint density at radius 3 is 2.82 bits per heavy atom. The molecule has 0 aliphatic carbocycles. The highest BCUT2D eigenvalue weighted by atomic mass is 35.5. The van der Waals surface area contributed by atoms with Crippen molar-refractivity contribution in [3.05, 3.63) is 50.7 Å². The maximum atomic E-state index is 11.1. The Balaban J connectivity index is 1.63. The lowest BCUT2D eigenvalue weighted by molar-refractivity contribution is -0.384. The first-order chi connectivity index (χ1) is 15.6. The Hall–Kier alpha value is -2.98. The summed E-state index contributed by atoms with van der Waals surface area (Å²) in [5, 5.41) is 26.3. The summed E-state index contributed by atoms with van der Waals surface area (Å²) in [5.74, 6) is 1.24. The van der Waals surface area contributed by atoms with Crippen LogP contribution in [0.5, 0.6) is 0 Å². The highest BCUT2D eigenvalue weighted by Gasteiger charge is 2.27. The number of rotatable bonds is 7. The van der Waals surface area contributed by atoms with Crippen LogP contribution in [0.2, 0.25) is 5.02 Å². The topological polar surface area (TPSA) is 122 Å². The van der Waals surface area contributed by atoms with Crippen molar-refractivity contribution >= 4 is 34.8 Å². The number of nitro groups is 1. The number of aromatic nitrogens is 4. The summed E-state index contributed by atoms with van der Waals surface area (Å²) >= 11 is 6.28. The molecule has 3 N–H and O–H groups in total. The van der Waals surface area contributed by atoms with E-state index in [4.69, 9.17) is 16.6 Å². The average molecular weight is 473 g/mol. The average Bonchev–Trinajstić information content (AvgIpc) is 3.19. The molecule has 0 unspecified atom stereocenters. The first-order valence-corrected chi connectivity index (χ1v) is 11.4. The van der Waals surface area contributed by atoms with Gasteiger partial charge in [0.1, 0.15) is 0 Å². The van der Waals surface area contributed by atoms with Crippen LogP contribution in [-0.4, -0.2) is 42.6 Å². The van der Waals surface area contributed by atoms with Crippen molar-refractivity contribution in [1.29, 1.82) is 0 Å². The molecule has 3 aromatic rings. The zero-order chi connectivity index (χ0) is 23.8. The SMILES string of the molecule is CC(C)c1cnn2c(NCc3cc([N+](=O)[O-])ccc3Cl)nc(N[C@H]3CCC(C)(C)NC3)nc12. The first kappa shape index (κ1) is 23.2. The molecular formula is C22H29ClN8O2. The molecule has 1 aliphatic rings. The Labute approximate surface area is 197 Å². The number of hydrogen-bond acceptors (Lipinski definition) is 8. The second-order valence-electron chi connectivity index (χ2n) is 9.39. The second-order valence-corrected chi connectivity index (χ2v) is 9.80. The molecule has 1 fully saturated rings. The summed E-state index contributed by atoms with van der Waals surface area (Å²) in [7, 11) is 0. The third kappa shape index (κ3) is 5.17. The number of nitro benzene ring substituents is 1. The first-order valence-electron chi connectivity index (χ1n) is 11.1. The third-order valence-electron chi connectivity index (χ3n) is 5.97. The summed E-state index contributed by atoms with van der Waals surface area (Å²) in [5.41, 5.74) is 2.45. The maximum absolute atomic E-state index is 11.1. The standard InChI is InChI=1S/C22H29ClN8O2/c1-13(2)17-12-26-30-19(17)28-20(27-15-7-8-22(3,4)25-11-15)29-21(30)24-10-14-9-16(31(32)33)5-6-18(14)23/h5-6,9,12-13,15,25H,7-8,10-11H2,1-4H3,(H2,24,27,28,29)/t15-/m0/s1. The van der Waals surface area contributed by atoms with Crippen LogP contribution in [0.4, 0.5) is 17.6 Å². The minimum absolute atomic E-state index is 0.0136. The van der Waals surface area contributed by atoms with Crippen LogP contribution in [0, 0.1) is 10.1 Å². The molecule has 176 valence electrons. The van der Waals surface area contributed by atoms with Crippen molar-refractivity contribution in [3.8, 4) is 0 Å². The van der Waals surface area contributed by atoms with E-state index in [1.807, 2.05) is 0 Å². The molecule has 1 aromatic carbocycles. The Morgan fingerprint density at radius 1 is 1.36 bits per heavy atom. The van der Waals surface area contributed by atoms with Crippen LogP contribution in [0.3, 0.4) is 0 Å². The van der Waals surface area contributed by atoms with E-state index < -0.39 is 4.92 Å². The molecular weight excluding hydrogens is 444 g/mol. The number of benzene rings is 1. The van der Waals surface area contributed by atoms with Gasteiger partial charge in [-0.1, -0.05) is 25.4 Å². The molecule has 1 atom stereocenters. The number of hydrogen-bond donors (Lipinski definition) is 3. The zero-order valence-electron chi connectivity index (χ0n) is 19.2. The monoisotopic (exact) mass is 472 g/mol. The van der Waals surface area contributed by atoms with Gasteiger partial charge in [0.15, 0.2) is 5.65 Å². The molecule has 11 heteroatoms. The van der Waals surface area contributed by atoms with Gasteiger partial charge in [0, 0.05) is 47.4 Å². The zero-order valence-corrected chi connectivity index (χ0v) is 20.0. The van der Waals surface area contributed by atoms with Crippen LogP contribution >= 0.6 is 11.6 Å². The van der Waals surface area contributed by atoms with E-state index >= 15 is 0 Å². The second kappa shape index (κ2) is 9.11. The minimum atomic E-state index is -0.438. The predicted molar refractivity (Wildman–Crippen MR) is 129 cm³/mol. The van der Waals surface area contributed by atoms with Crippen molar-refractivity contribution < 1.29 is 4.92 Å². The summed E-state index contributed by atoms with van der Waals surface area (Å²) in [6, 6.07) is 4.59. The van der Waals surface area contributed by atoms with Crippen molar-refractivity contribution in [3.63, 3.8) is 0 Å². The van der Waals surface area contributed by atoms with Crippen LogP contribution in [0.1, 0.15) is 57.6 Å². The van der Waals surface area contributed by atoms with Gasteiger partial charge >= 0.3 is 0 Å². The highest BCUT2D eigenvalue weighted by Crippen LogP contribution is 2.26. The summed E-state index contributed by atoms with van der Waals surface area (Å²) in [4.78, 5) is 20.1. The molecule has 0 saturated carbocycles. The fraction of sp³-hybridized carbons (Fsp3) is 0.500. The van der Waals surface area contributed by atoms with Gasteiger partial charge in [0.2, 0.25) is 11.9 Å². The number of halogens is 1. The molecule has 2 aromatic heterocycles. The van der Waals surface area contributed by atoms with Crippen molar-refractivity contribution in [1.82, 2.24) is 24.9 Å². The van der Waals surface area contributed by atoms with Crippen molar-refractivity contribution in [2.75, 3.05) is 17.2 Å². The van der Waals surface area contributed by atoms with E-state index in [2.05, 4.69) is 53.7 Å². The summed E-state index contributed by atoms with van der Waals surface area (Å²) < 4.78 is 1.66. The quantitative estimate of drug-likeness (QED) is 0.342. The van der Waals surface area contributed by atoms with Crippen LogP contribution in [-0.2, 0) is 6.54 Å². The highest BCUT2D eigenvalue weighted by molar-refractivity contribution is 6.31. The van der Waals surface area contributed by atoms with Crippen molar-refractivity contribution in [2.24, 2.45) is 0 Å². The number of nitrogens with one attached hydrogen (secondary N) is 3. The Bertz CT molecular complexity index is 1170. The number of fused-ring (bicyclic) bond motifs is 1. The number of anilines is 2. The molecule has 33 heavy (non-hydrogen) atoms. The smallest absolute Gasteiger partial charge is 0.269 e. The van der Waals surface area contributed by atoms with E-state index in [0.717, 1.165) is 30.6 Å². The Morgan fingerprint density at radius 2 is 2.15 bits per heavy atom. The number of non-ortho nitro benzene ring substituents is 1. The lowest BCUT2D eigenvalue weighted by atomic mass is 9.91. The van der Waals surface area contributed by atoms with Crippen LogP contribution < -0.4 is 16.0 Å². The van der Waals surface area contributed by atoms with E-state index in [0.29, 0.717) is 22.5 Å². The molecule has 10 nitrogen and oxygen atoms in total. The maximum Gasteiger partial charge on any atom is 0.269 e. The number of piperidine rings is 1. The van der Waals surface area contributed by atoms with Crippen LogP contribution in [0.25, 0.3) is 5.65 Å². The molecule has 0 bridgehead atoms. The summed E-state index contributed by atoms with van der Waals surface area (Å²) in [6.45, 7) is 9.67. The lowest BCUT2D eigenvalue weighted by Crippen LogP contribution is -2.50. The largest absolute Gasteiger partial charge is 0.350 e. The van der Waals surface area contributed by atoms with Gasteiger partial charge in [-0.05, 0) is 44.2 Å². The van der Waals surface area contributed by atoms with E-state index in [1.165, 1.54) is 18.2 Å². The fourth-order valence-electron chi connectivity index (χ4n) is 3.90. The van der Waals surface area contributed by atoms with Gasteiger partial charge < -0.3 is 16.0 Å². The molecule has 4 rings (SSSR count). The van der Waals surface area contributed by atoms with Crippen LogP contribution in [0.15, 0.2) is 24.4 Å². The molecule has 1 aliphatic heterocycles. The molecule has 0 radical (unpaired) electrons. The van der Waals surface area contributed by atoms with Gasteiger partial charge in [0.05, 0.1) is 11.1 Å². The molecule has 1 saturated heterocycles. The van der Waals surface area contributed by atoms with Gasteiger partial charge in [0.25, 0.3) is 5.69 Å². The van der Waals surface area contributed by atoms with E-state index in [-0.39, 0.29) is 29.7 Å². The fourth-order valence-corrected chi connectivity index (χ4v) is 4.08. The van der Waals surface area contributed by atoms with Gasteiger partial charge in [-0.15, -0.1) is 0 Å². The molecule has 0 amide bonds. The van der Waals surface area contributed by atoms with Gasteiger partial charge in [-0.2, -0.15) is 19.6 Å². The normalized spacial score (nSPS) is 17.9. The third-order valence-corrected chi connectivity index (χ3v) is 6.34. The Kier molecular flexibility index (Phi) is 6.40. The van der Waals surface area contributed by atoms with Gasteiger partial charge in [-0.25, -0.2) is 0 Å². The van der Waals surface area contributed by atoms with E-state index in [1.54, 1.807) is 10.7 Å². The predicted octanol–water partition coefficient (Wildman–Crippen LogP) is 4.36. The van der Waals surface area contributed by atoms with Crippen molar-refractivity contribution in [2.45, 2.75) is 64.6 Å². The molecule has 0 spiro atoms. The number of nitrogens with zero attached hydrogens (tertiary/aromatic N) is 5. The van der Waals surface area contributed by atoms with Gasteiger partial charge in [-0.3, -0.25) is 10.1 Å². The summed E-state index contributed by atoms with van der Waals surface area (Å²) in [6.07, 6.45) is 3.86. The van der Waals surface area contributed by atoms with E-state index in [9.17, 15) is 10.1 Å². The minimum Gasteiger partial charge on any atom is -0.350 e. The lowest BCUT2D eigenvalue weighted by Gasteiger charge is -2.36. The molecule has 3 heterocycles.